The van der Waals surface area contributed by atoms with Gasteiger partial charge in [0.05, 0.1) is 19.2 Å². The molecule has 0 aromatic rings. The first-order chi connectivity index (χ1) is 10.3. The lowest BCUT2D eigenvalue weighted by molar-refractivity contribution is -0.141. The number of methoxy groups -OCH3 is 1. The summed E-state index contributed by atoms with van der Waals surface area (Å²) in [6.07, 6.45) is 0.741. The summed E-state index contributed by atoms with van der Waals surface area (Å²) >= 11 is 1.03. The number of carbonyl (C=O) groups excluding carboxylic acids is 4. The third-order valence-electron chi connectivity index (χ3n) is 3.04. The molecule has 0 aromatic carbocycles. The number of carbonyl (C=O) groups is 4. The van der Waals surface area contributed by atoms with Gasteiger partial charge in [0.15, 0.2) is 10.9 Å². The average Bonchev–Trinajstić information content (AvgIpc) is 2.50. The molecule has 0 aliphatic rings. The number of Topliss-reactive ketones (excluding diaryl/α,β-unsaturated/α-hetero) is 1. The number of hydrogen-bond donors (Lipinski definition) is 2. The molecule has 0 radical (unpaired) electrons. The lowest BCUT2D eigenvalue weighted by Gasteiger charge is -2.20. The molecule has 0 saturated carbocycles. The average molecular weight is 332 g/mol. The van der Waals surface area contributed by atoms with Crippen molar-refractivity contribution in [1.82, 2.24) is 10.6 Å². The molecule has 8 heteroatoms. The van der Waals surface area contributed by atoms with E-state index in [1.807, 2.05) is 0 Å². The highest BCUT2D eigenvalue weighted by Gasteiger charge is 2.23. The number of ether oxygens (including phenoxy) is 1. The maximum Gasteiger partial charge on any atom is 0.305 e. The van der Waals surface area contributed by atoms with E-state index in [0.717, 1.165) is 11.8 Å². The fourth-order valence-electron chi connectivity index (χ4n) is 1.58. The normalized spacial score (nSPS) is 13.1. The van der Waals surface area contributed by atoms with Crippen LogP contribution in [-0.4, -0.2) is 54.8 Å². The van der Waals surface area contributed by atoms with Crippen molar-refractivity contribution in [3.63, 3.8) is 0 Å². The summed E-state index contributed by atoms with van der Waals surface area (Å²) in [7, 11) is 2.88. The highest BCUT2D eigenvalue weighted by molar-refractivity contribution is 8.13. The van der Waals surface area contributed by atoms with E-state index in [1.54, 1.807) is 14.0 Å². The lowest BCUT2D eigenvalue weighted by Crippen LogP contribution is -2.50. The van der Waals surface area contributed by atoms with Crippen molar-refractivity contribution in [2.45, 2.75) is 45.2 Å². The number of rotatable bonds is 10. The van der Waals surface area contributed by atoms with Crippen molar-refractivity contribution in [1.29, 1.82) is 0 Å². The second-order valence-electron chi connectivity index (χ2n) is 4.66. The van der Waals surface area contributed by atoms with Gasteiger partial charge in [-0.15, -0.1) is 0 Å². The van der Waals surface area contributed by atoms with E-state index >= 15 is 0 Å². The Morgan fingerprint density at radius 1 is 1.18 bits per heavy atom. The molecular weight excluding hydrogens is 308 g/mol. The number of ketones is 1. The van der Waals surface area contributed by atoms with Crippen LogP contribution in [0, 0.1) is 0 Å². The smallest absolute Gasteiger partial charge is 0.305 e. The van der Waals surface area contributed by atoms with Crippen LogP contribution < -0.4 is 10.6 Å². The predicted octanol–water partition coefficient (Wildman–Crippen LogP) is 0.271. The maximum atomic E-state index is 12.1. The number of hydrogen-bond acceptors (Lipinski definition) is 7. The molecule has 0 aliphatic heterocycles. The van der Waals surface area contributed by atoms with Gasteiger partial charge in [0, 0.05) is 18.6 Å². The van der Waals surface area contributed by atoms with E-state index in [0.29, 0.717) is 6.42 Å². The Hall–Kier alpha value is -1.41. The van der Waals surface area contributed by atoms with Crippen LogP contribution in [0.25, 0.3) is 0 Å². The fourth-order valence-corrected chi connectivity index (χ4v) is 2.46. The Labute approximate surface area is 134 Å². The largest absolute Gasteiger partial charge is 0.469 e. The van der Waals surface area contributed by atoms with Crippen molar-refractivity contribution in [2.75, 3.05) is 19.9 Å². The molecule has 0 spiro atoms. The SMILES string of the molecule is CCC(=O)SC[C@H](NC(=O)[C@H](CCC(=O)OC)NC)C(C)=O. The van der Waals surface area contributed by atoms with Crippen LogP contribution in [0.1, 0.15) is 33.1 Å². The third kappa shape index (κ3) is 8.14. The molecule has 2 atom stereocenters. The Morgan fingerprint density at radius 2 is 1.82 bits per heavy atom. The first-order valence-electron chi connectivity index (χ1n) is 7.06. The third-order valence-corrected chi connectivity index (χ3v) is 4.15. The number of thioether (sulfide) groups is 1. The van der Waals surface area contributed by atoms with Gasteiger partial charge < -0.3 is 15.4 Å². The van der Waals surface area contributed by atoms with Crippen LogP contribution in [-0.2, 0) is 23.9 Å². The molecule has 126 valence electrons. The summed E-state index contributed by atoms with van der Waals surface area (Å²) in [6.45, 7) is 3.10. The van der Waals surface area contributed by atoms with Crippen molar-refractivity contribution in [2.24, 2.45) is 0 Å². The van der Waals surface area contributed by atoms with Crippen LogP contribution in [0.2, 0.25) is 0 Å². The monoisotopic (exact) mass is 332 g/mol. The molecule has 7 nitrogen and oxygen atoms in total. The van der Waals surface area contributed by atoms with Gasteiger partial charge in [-0.2, -0.15) is 0 Å². The summed E-state index contributed by atoms with van der Waals surface area (Å²) in [5, 5.41) is 5.38. The van der Waals surface area contributed by atoms with E-state index in [2.05, 4.69) is 15.4 Å². The van der Waals surface area contributed by atoms with Gasteiger partial charge in [-0.25, -0.2) is 0 Å². The molecule has 0 aliphatic carbocycles. The van der Waals surface area contributed by atoms with Crippen molar-refractivity contribution >= 4 is 34.5 Å². The van der Waals surface area contributed by atoms with Gasteiger partial charge in [0.2, 0.25) is 5.91 Å². The van der Waals surface area contributed by atoms with Crippen LogP contribution in [0.3, 0.4) is 0 Å². The lowest BCUT2D eigenvalue weighted by atomic mass is 10.1. The number of likely N-dealkylation sites (N-methyl/N-ethyl adjacent to an activating group) is 1. The standard InChI is InChI=1S/C14H24N2O5S/c1-5-13(19)22-8-11(9(2)17)16-14(20)10(15-3)6-7-12(18)21-4/h10-11,15H,5-8H2,1-4H3,(H,16,20)/t10-,11-/m0/s1. The zero-order chi connectivity index (χ0) is 17.1. The summed E-state index contributed by atoms with van der Waals surface area (Å²) in [4.78, 5) is 46.1. The quantitative estimate of drug-likeness (QED) is 0.554. The predicted molar refractivity (Wildman–Crippen MR) is 84.5 cm³/mol. The van der Waals surface area contributed by atoms with Crippen molar-refractivity contribution < 1.29 is 23.9 Å². The van der Waals surface area contributed by atoms with Gasteiger partial charge >= 0.3 is 5.97 Å². The van der Waals surface area contributed by atoms with Crippen LogP contribution in [0.5, 0.6) is 0 Å². The first kappa shape index (κ1) is 20.6. The molecule has 1 amide bonds. The molecular formula is C14H24N2O5S. The van der Waals surface area contributed by atoms with E-state index in [-0.39, 0.29) is 35.4 Å². The van der Waals surface area contributed by atoms with Gasteiger partial charge in [-0.1, -0.05) is 18.7 Å². The number of nitrogens with one attached hydrogen (secondary N) is 2. The Kier molecular flexibility index (Phi) is 10.5. The van der Waals surface area contributed by atoms with Crippen LogP contribution >= 0.6 is 11.8 Å². The van der Waals surface area contributed by atoms with Crippen LogP contribution in [0.15, 0.2) is 0 Å². The van der Waals surface area contributed by atoms with Crippen LogP contribution in [0.4, 0.5) is 0 Å². The summed E-state index contributed by atoms with van der Waals surface area (Å²) in [6, 6.07) is -1.32. The van der Waals surface area contributed by atoms with Gasteiger partial charge in [0.1, 0.15) is 0 Å². The molecule has 0 bridgehead atoms. The zero-order valence-corrected chi connectivity index (χ0v) is 14.2. The fraction of sp³-hybridized carbons (Fsp3) is 0.714. The minimum atomic E-state index is -0.720. The van der Waals surface area contributed by atoms with E-state index in [4.69, 9.17) is 0 Å². The molecule has 22 heavy (non-hydrogen) atoms. The molecule has 0 fully saturated rings. The Morgan fingerprint density at radius 3 is 2.27 bits per heavy atom. The topological polar surface area (TPSA) is 102 Å². The molecule has 0 unspecified atom stereocenters. The first-order valence-corrected chi connectivity index (χ1v) is 8.04. The van der Waals surface area contributed by atoms with Gasteiger partial charge in [0.25, 0.3) is 0 Å². The minimum Gasteiger partial charge on any atom is -0.469 e. The van der Waals surface area contributed by atoms with Crippen molar-refractivity contribution in [3.8, 4) is 0 Å². The minimum absolute atomic E-state index is 0.0312. The summed E-state index contributed by atoms with van der Waals surface area (Å²) in [5.74, 6) is -0.787. The van der Waals surface area contributed by atoms with Gasteiger partial charge in [-0.05, 0) is 20.4 Å². The zero-order valence-electron chi connectivity index (χ0n) is 13.4. The molecule has 2 N–H and O–H groups in total. The van der Waals surface area contributed by atoms with Crippen molar-refractivity contribution in [3.05, 3.63) is 0 Å². The second-order valence-corrected chi connectivity index (χ2v) is 5.74. The van der Waals surface area contributed by atoms with E-state index in [1.165, 1.54) is 14.0 Å². The maximum absolute atomic E-state index is 12.1. The molecule has 0 saturated heterocycles. The molecule has 0 heterocycles. The van der Waals surface area contributed by atoms with Gasteiger partial charge in [-0.3, -0.25) is 19.2 Å². The van der Waals surface area contributed by atoms with E-state index < -0.39 is 18.1 Å². The highest BCUT2D eigenvalue weighted by atomic mass is 32.2. The van der Waals surface area contributed by atoms with E-state index in [9.17, 15) is 19.2 Å². The second kappa shape index (κ2) is 11.2. The molecule has 0 rings (SSSR count). The highest BCUT2D eigenvalue weighted by Crippen LogP contribution is 2.08. The number of esters is 1. The summed E-state index contributed by atoms with van der Waals surface area (Å²) < 4.78 is 4.53. The summed E-state index contributed by atoms with van der Waals surface area (Å²) in [5.41, 5.74) is 0. The number of amides is 1. The Balaban J connectivity index is 4.54. The molecule has 0 aromatic heterocycles. The Bertz CT molecular complexity index is 414.